The Hall–Kier alpha value is -3.23. The highest BCUT2D eigenvalue weighted by molar-refractivity contribution is 7.71. The van der Waals surface area contributed by atoms with Crippen molar-refractivity contribution >= 4 is 28.1 Å². The first kappa shape index (κ1) is 22.0. The smallest absolute Gasteiger partial charge is 0.255 e. The predicted molar refractivity (Wildman–Crippen MR) is 126 cm³/mol. The van der Waals surface area contributed by atoms with Crippen molar-refractivity contribution in [3.63, 3.8) is 0 Å². The summed E-state index contributed by atoms with van der Waals surface area (Å²) in [7, 11) is -2.55. The lowest BCUT2D eigenvalue weighted by atomic mass is 10.0. The molecule has 1 fully saturated rings. The standard InChI is InChI=1S/C24H25N3O4S/c1-17-5-6-21(26-24(28)20-4-2-3-18(13-20)16-32(29)30)15-22(17)19-7-8-25-23(14-19)27-9-11-31-12-10-27/h2-8,13-15,32H,9-12,16H2,1H3,(H,26,28). The van der Waals surface area contributed by atoms with Gasteiger partial charge in [-0.1, -0.05) is 18.2 Å². The normalized spacial score (nSPS) is 13.9. The van der Waals surface area contributed by atoms with E-state index in [9.17, 15) is 13.2 Å². The first-order valence-corrected chi connectivity index (χ1v) is 11.8. The van der Waals surface area contributed by atoms with Crippen molar-refractivity contribution in [3.05, 3.63) is 77.5 Å². The third kappa shape index (κ3) is 5.33. The number of aryl methyl sites for hydroxylation is 1. The molecule has 32 heavy (non-hydrogen) atoms. The molecule has 0 bridgehead atoms. The summed E-state index contributed by atoms with van der Waals surface area (Å²) in [6.07, 6.45) is 1.80. The van der Waals surface area contributed by atoms with E-state index < -0.39 is 10.7 Å². The van der Waals surface area contributed by atoms with Gasteiger partial charge < -0.3 is 15.0 Å². The number of morpholine rings is 1. The molecule has 1 N–H and O–H groups in total. The molecule has 1 amide bonds. The maximum atomic E-state index is 12.8. The van der Waals surface area contributed by atoms with E-state index in [1.807, 2.05) is 31.2 Å². The van der Waals surface area contributed by atoms with Crippen molar-refractivity contribution in [1.29, 1.82) is 0 Å². The number of pyridine rings is 1. The minimum absolute atomic E-state index is 0.0847. The molecule has 166 valence electrons. The van der Waals surface area contributed by atoms with Crippen LogP contribution in [0.1, 0.15) is 21.5 Å². The van der Waals surface area contributed by atoms with Crippen LogP contribution in [0.2, 0.25) is 0 Å². The van der Waals surface area contributed by atoms with Crippen LogP contribution in [-0.2, 0) is 21.2 Å². The lowest BCUT2D eigenvalue weighted by Gasteiger charge is -2.28. The van der Waals surface area contributed by atoms with Gasteiger partial charge in [-0.05, 0) is 65.6 Å². The Labute approximate surface area is 189 Å². The number of nitrogens with one attached hydrogen (secondary N) is 1. The molecule has 7 nitrogen and oxygen atoms in total. The molecule has 0 spiro atoms. The van der Waals surface area contributed by atoms with Gasteiger partial charge in [0.2, 0.25) is 0 Å². The zero-order chi connectivity index (χ0) is 22.5. The number of benzene rings is 2. The number of carbonyl (C=O) groups excluding carboxylic acids is 1. The van der Waals surface area contributed by atoms with Gasteiger partial charge in [0, 0.05) is 30.5 Å². The van der Waals surface area contributed by atoms with Crippen molar-refractivity contribution in [3.8, 4) is 11.1 Å². The maximum Gasteiger partial charge on any atom is 0.255 e. The summed E-state index contributed by atoms with van der Waals surface area (Å²) in [5.74, 6) is 0.540. The van der Waals surface area contributed by atoms with Gasteiger partial charge >= 0.3 is 0 Å². The Morgan fingerprint density at radius 3 is 2.69 bits per heavy atom. The Morgan fingerprint density at radius 1 is 1.09 bits per heavy atom. The number of ether oxygens (including phenoxy) is 1. The van der Waals surface area contributed by atoms with Gasteiger partial charge in [-0.25, -0.2) is 13.4 Å². The molecule has 1 aliphatic heterocycles. The Bertz CT molecular complexity index is 1200. The van der Waals surface area contributed by atoms with Crippen LogP contribution in [0.5, 0.6) is 0 Å². The molecule has 3 aromatic rings. The molecule has 2 heterocycles. The fourth-order valence-corrected chi connectivity index (χ4v) is 4.22. The zero-order valence-corrected chi connectivity index (χ0v) is 18.7. The van der Waals surface area contributed by atoms with Crippen LogP contribution in [0.3, 0.4) is 0 Å². The van der Waals surface area contributed by atoms with Crippen LogP contribution in [0, 0.1) is 6.92 Å². The number of nitrogens with zero attached hydrogens (tertiary/aromatic N) is 2. The number of thiol groups is 1. The number of carbonyl (C=O) groups is 1. The number of rotatable bonds is 6. The number of amides is 1. The van der Waals surface area contributed by atoms with E-state index in [1.54, 1.807) is 30.5 Å². The second-order valence-corrected chi connectivity index (χ2v) is 8.66. The Balaban J connectivity index is 1.56. The van der Waals surface area contributed by atoms with E-state index in [0.717, 1.165) is 35.6 Å². The van der Waals surface area contributed by atoms with Gasteiger partial charge in [0.05, 0.1) is 19.0 Å². The van der Waals surface area contributed by atoms with E-state index in [2.05, 4.69) is 21.3 Å². The molecule has 1 aromatic heterocycles. The van der Waals surface area contributed by atoms with Crippen molar-refractivity contribution in [1.82, 2.24) is 4.98 Å². The second kappa shape index (κ2) is 9.93. The summed E-state index contributed by atoms with van der Waals surface area (Å²) in [6.45, 7) is 5.04. The zero-order valence-electron chi connectivity index (χ0n) is 17.8. The third-order valence-electron chi connectivity index (χ3n) is 5.39. The molecule has 0 atom stereocenters. The maximum absolute atomic E-state index is 12.8. The van der Waals surface area contributed by atoms with Crippen LogP contribution in [0.4, 0.5) is 11.5 Å². The van der Waals surface area contributed by atoms with Crippen LogP contribution in [0.15, 0.2) is 60.8 Å². The topological polar surface area (TPSA) is 88.6 Å². The molecule has 0 aliphatic carbocycles. The quantitative estimate of drug-likeness (QED) is 0.560. The van der Waals surface area contributed by atoms with Crippen molar-refractivity contribution in [2.45, 2.75) is 12.7 Å². The summed E-state index contributed by atoms with van der Waals surface area (Å²) in [5.41, 5.74) is 4.79. The first-order chi connectivity index (χ1) is 15.5. The summed E-state index contributed by atoms with van der Waals surface area (Å²) in [5, 5.41) is 2.92. The minimum Gasteiger partial charge on any atom is -0.378 e. The summed E-state index contributed by atoms with van der Waals surface area (Å²) < 4.78 is 27.4. The molecule has 8 heteroatoms. The third-order valence-corrected chi connectivity index (χ3v) is 6.01. The summed E-state index contributed by atoms with van der Waals surface area (Å²) in [4.78, 5) is 19.5. The van der Waals surface area contributed by atoms with Crippen molar-refractivity contribution in [2.75, 3.05) is 36.5 Å². The molecular weight excluding hydrogens is 426 g/mol. The molecule has 0 radical (unpaired) electrons. The van der Waals surface area contributed by atoms with Crippen LogP contribution >= 0.6 is 0 Å². The van der Waals surface area contributed by atoms with E-state index in [1.165, 1.54) is 0 Å². The average Bonchev–Trinajstić information content (AvgIpc) is 2.81. The Kier molecular flexibility index (Phi) is 6.82. The highest BCUT2D eigenvalue weighted by Crippen LogP contribution is 2.29. The number of aromatic nitrogens is 1. The molecule has 0 saturated carbocycles. The van der Waals surface area contributed by atoms with E-state index in [0.29, 0.717) is 30.0 Å². The number of anilines is 2. The number of hydrogen-bond acceptors (Lipinski definition) is 6. The number of hydrogen-bond donors (Lipinski definition) is 2. The molecule has 1 aliphatic rings. The van der Waals surface area contributed by atoms with E-state index in [-0.39, 0.29) is 11.7 Å². The fraction of sp³-hybridized carbons (Fsp3) is 0.250. The van der Waals surface area contributed by atoms with Crippen LogP contribution < -0.4 is 10.2 Å². The van der Waals surface area contributed by atoms with Gasteiger partial charge in [0.15, 0.2) is 0 Å². The van der Waals surface area contributed by atoms with Gasteiger partial charge in [-0.15, -0.1) is 0 Å². The van der Waals surface area contributed by atoms with E-state index in [4.69, 9.17) is 4.74 Å². The second-order valence-electron chi connectivity index (χ2n) is 7.68. The lowest BCUT2D eigenvalue weighted by Crippen LogP contribution is -2.36. The monoisotopic (exact) mass is 451 g/mol. The molecular formula is C24H25N3O4S. The average molecular weight is 452 g/mol. The Morgan fingerprint density at radius 2 is 1.91 bits per heavy atom. The highest BCUT2D eigenvalue weighted by Gasteiger charge is 2.14. The molecule has 0 unspecified atom stereocenters. The van der Waals surface area contributed by atoms with Gasteiger partial charge in [0.25, 0.3) is 5.91 Å². The molecule has 4 rings (SSSR count). The van der Waals surface area contributed by atoms with E-state index >= 15 is 0 Å². The van der Waals surface area contributed by atoms with Crippen molar-refractivity contribution in [2.24, 2.45) is 0 Å². The molecule has 2 aromatic carbocycles. The largest absolute Gasteiger partial charge is 0.378 e. The van der Waals surface area contributed by atoms with Gasteiger partial charge in [-0.3, -0.25) is 4.79 Å². The van der Waals surface area contributed by atoms with Crippen molar-refractivity contribution < 1.29 is 17.9 Å². The SMILES string of the molecule is Cc1ccc(NC(=O)c2cccc(C[SH](=O)=O)c2)cc1-c1ccnc(N2CCOCC2)c1. The minimum atomic E-state index is -2.55. The highest BCUT2D eigenvalue weighted by atomic mass is 32.2. The fourth-order valence-electron chi connectivity index (χ4n) is 3.73. The van der Waals surface area contributed by atoms with Gasteiger partial charge in [-0.2, -0.15) is 0 Å². The van der Waals surface area contributed by atoms with Crippen LogP contribution in [0.25, 0.3) is 11.1 Å². The predicted octanol–water partition coefficient (Wildman–Crippen LogP) is 3.26. The lowest BCUT2D eigenvalue weighted by molar-refractivity contribution is 0.102. The molecule has 1 saturated heterocycles. The summed E-state index contributed by atoms with van der Waals surface area (Å²) >= 11 is 0. The first-order valence-electron chi connectivity index (χ1n) is 10.4. The summed E-state index contributed by atoms with van der Waals surface area (Å²) in [6, 6.07) is 16.5. The van der Waals surface area contributed by atoms with Gasteiger partial charge in [0.1, 0.15) is 16.5 Å². The van der Waals surface area contributed by atoms with Crippen LogP contribution in [-0.4, -0.2) is 45.6 Å².